The molecule has 0 aliphatic heterocycles. The molecule has 1 aliphatic carbocycles. The molecule has 1 aromatic carbocycles. The van der Waals surface area contributed by atoms with Crippen LogP contribution in [0.4, 0.5) is 4.39 Å². The number of benzene rings is 1. The Labute approximate surface area is 98.2 Å². The van der Waals surface area contributed by atoms with Crippen LogP contribution in [-0.2, 0) is 0 Å². The Kier molecular flexibility index (Phi) is 3.42. The molecule has 0 bridgehead atoms. The van der Waals surface area contributed by atoms with Crippen LogP contribution in [0.25, 0.3) is 0 Å². The van der Waals surface area contributed by atoms with Crippen LogP contribution in [0.15, 0.2) is 22.7 Å². The summed E-state index contributed by atoms with van der Waals surface area (Å²) in [5.74, 6) is 0.325. The van der Waals surface area contributed by atoms with Gasteiger partial charge in [0.15, 0.2) is 0 Å². The standard InChI is InChI=1S/C12H15BrFN/c1-2-15-10-5-8(6-10)11-4-3-9(13)7-12(11)14/h3-4,7-8,10,15H,2,5-6H2,1H3. The van der Waals surface area contributed by atoms with Crippen LogP contribution < -0.4 is 5.32 Å². The van der Waals surface area contributed by atoms with E-state index in [-0.39, 0.29) is 5.82 Å². The average molecular weight is 272 g/mol. The van der Waals surface area contributed by atoms with Gasteiger partial charge in [0.1, 0.15) is 5.82 Å². The molecular weight excluding hydrogens is 257 g/mol. The number of hydrogen-bond acceptors (Lipinski definition) is 1. The molecule has 15 heavy (non-hydrogen) atoms. The van der Waals surface area contributed by atoms with Crippen molar-refractivity contribution in [1.29, 1.82) is 0 Å². The highest BCUT2D eigenvalue weighted by atomic mass is 79.9. The number of nitrogens with one attached hydrogen (secondary N) is 1. The van der Waals surface area contributed by atoms with Gasteiger partial charge < -0.3 is 5.32 Å². The molecule has 0 unspecified atom stereocenters. The van der Waals surface area contributed by atoms with Crippen LogP contribution in [0.2, 0.25) is 0 Å². The Balaban J connectivity index is 2.01. The van der Waals surface area contributed by atoms with Gasteiger partial charge in [0.05, 0.1) is 0 Å². The summed E-state index contributed by atoms with van der Waals surface area (Å²) in [5, 5.41) is 3.38. The Hall–Kier alpha value is -0.410. The first-order valence-corrected chi connectivity index (χ1v) is 6.18. The third-order valence-electron chi connectivity index (χ3n) is 3.03. The third kappa shape index (κ3) is 2.40. The lowest BCUT2D eigenvalue weighted by Gasteiger charge is -2.36. The van der Waals surface area contributed by atoms with Crippen molar-refractivity contribution in [2.45, 2.75) is 31.7 Å². The van der Waals surface area contributed by atoms with Crippen molar-refractivity contribution in [2.24, 2.45) is 0 Å². The molecule has 0 amide bonds. The average Bonchev–Trinajstić information content (AvgIpc) is 2.12. The summed E-state index contributed by atoms with van der Waals surface area (Å²) in [5.41, 5.74) is 0.868. The molecule has 0 aromatic heterocycles. The predicted octanol–water partition coefficient (Wildman–Crippen LogP) is 3.44. The molecule has 0 saturated heterocycles. The SMILES string of the molecule is CCNC1CC(c2ccc(Br)cc2F)C1. The van der Waals surface area contributed by atoms with E-state index >= 15 is 0 Å². The Morgan fingerprint density at radius 3 is 2.80 bits per heavy atom. The quantitative estimate of drug-likeness (QED) is 0.888. The zero-order valence-corrected chi connectivity index (χ0v) is 10.3. The second-order valence-electron chi connectivity index (χ2n) is 4.09. The summed E-state index contributed by atoms with van der Waals surface area (Å²) in [6, 6.07) is 5.95. The minimum absolute atomic E-state index is 0.0793. The minimum atomic E-state index is -0.0793. The van der Waals surface area contributed by atoms with Gasteiger partial charge >= 0.3 is 0 Å². The van der Waals surface area contributed by atoms with Gasteiger partial charge in [-0.1, -0.05) is 28.9 Å². The lowest BCUT2D eigenvalue weighted by Crippen LogP contribution is -2.40. The molecule has 82 valence electrons. The first-order valence-electron chi connectivity index (χ1n) is 5.39. The maximum Gasteiger partial charge on any atom is 0.127 e. The lowest BCUT2D eigenvalue weighted by molar-refractivity contribution is 0.290. The summed E-state index contributed by atoms with van der Waals surface area (Å²) >= 11 is 3.27. The van der Waals surface area contributed by atoms with Gasteiger partial charge in [0, 0.05) is 10.5 Å². The van der Waals surface area contributed by atoms with Crippen molar-refractivity contribution in [3.63, 3.8) is 0 Å². The molecule has 1 aromatic rings. The molecule has 1 nitrogen and oxygen atoms in total. The Bertz CT molecular complexity index is 347. The van der Waals surface area contributed by atoms with Gasteiger partial charge in [-0.05, 0) is 43.0 Å². The van der Waals surface area contributed by atoms with E-state index in [0.29, 0.717) is 12.0 Å². The van der Waals surface area contributed by atoms with Gasteiger partial charge in [0.2, 0.25) is 0 Å². The maximum atomic E-state index is 13.6. The highest BCUT2D eigenvalue weighted by molar-refractivity contribution is 9.10. The summed E-state index contributed by atoms with van der Waals surface area (Å²) in [7, 11) is 0. The fraction of sp³-hybridized carbons (Fsp3) is 0.500. The van der Waals surface area contributed by atoms with Crippen molar-refractivity contribution < 1.29 is 4.39 Å². The van der Waals surface area contributed by atoms with Crippen LogP contribution in [0.3, 0.4) is 0 Å². The van der Waals surface area contributed by atoms with Crippen molar-refractivity contribution >= 4 is 15.9 Å². The number of hydrogen-bond donors (Lipinski definition) is 1. The number of halogens is 2. The van der Waals surface area contributed by atoms with Crippen LogP contribution in [0, 0.1) is 5.82 Å². The van der Waals surface area contributed by atoms with Gasteiger partial charge in [0.25, 0.3) is 0 Å². The summed E-state index contributed by atoms with van der Waals surface area (Å²) in [6.07, 6.45) is 2.12. The number of rotatable bonds is 3. The highest BCUT2D eigenvalue weighted by Crippen LogP contribution is 2.38. The molecule has 0 heterocycles. The molecule has 0 atom stereocenters. The van der Waals surface area contributed by atoms with Gasteiger partial charge in [-0.2, -0.15) is 0 Å². The Morgan fingerprint density at radius 1 is 1.47 bits per heavy atom. The van der Waals surface area contributed by atoms with E-state index in [1.165, 1.54) is 0 Å². The van der Waals surface area contributed by atoms with E-state index in [1.807, 2.05) is 12.1 Å². The van der Waals surface area contributed by atoms with Gasteiger partial charge in [-0.3, -0.25) is 0 Å². The second kappa shape index (κ2) is 4.62. The molecule has 0 radical (unpaired) electrons. The fourth-order valence-electron chi connectivity index (χ4n) is 2.16. The summed E-state index contributed by atoms with van der Waals surface area (Å²) in [4.78, 5) is 0. The Morgan fingerprint density at radius 2 is 2.20 bits per heavy atom. The lowest BCUT2D eigenvalue weighted by atomic mass is 9.75. The molecule has 0 spiro atoms. The third-order valence-corrected chi connectivity index (χ3v) is 3.53. The molecule has 1 aliphatic rings. The van der Waals surface area contributed by atoms with E-state index in [0.717, 1.165) is 29.4 Å². The van der Waals surface area contributed by atoms with Crippen molar-refractivity contribution in [1.82, 2.24) is 5.32 Å². The maximum absolute atomic E-state index is 13.6. The molecule has 1 saturated carbocycles. The van der Waals surface area contributed by atoms with Crippen molar-refractivity contribution in [2.75, 3.05) is 6.54 Å². The second-order valence-corrected chi connectivity index (χ2v) is 5.00. The molecule has 2 rings (SSSR count). The van der Waals surface area contributed by atoms with Gasteiger partial charge in [-0.25, -0.2) is 4.39 Å². The molecule has 3 heteroatoms. The first-order chi connectivity index (χ1) is 7.20. The summed E-state index contributed by atoms with van der Waals surface area (Å²) in [6.45, 7) is 3.10. The van der Waals surface area contributed by atoms with Crippen molar-refractivity contribution in [3.8, 4) is 0 Å². The smallest absolute Gasteiger partial charge is 0.127 e. The van der Waals surface area contributed by atoms with Crippen LogP contribution in [0.1, 0.15) is 31.2 Å². The van der Waals surface area contributed by atoms with Crippen LogP contribution in [0.5, 0.6) is 0 Å². The molecular formula is C12H15BrFN. The van der Waals surface area contributed by atoms with E-state index in [9.17, 15) is 4.39 Å². The topological polar surface area (TPSA) is 12.0 Å². The monoisotopic (exact) mass is 271 g/mol. The van der Waals surface area contributed by atoms with Crippen LogP contribution in [-0.4, -0.2) is 12.6 Å². The van der Waals surface area contributed by atoms with E-state index in [2.05, 4.69) is 28.2 Å². The minimum Gasteiger partial charge on any atom is -0.314 e. The van der Waals surface area contributed by atoms with Gasteiger partial charge in [-0.15, -0.1) is 0 Å². The van der Waals surface area contributed by atoms with Crippen LogP contribution >= 0.6 is 15.9 Å². The molecule has 1 fully saturated rings. The highest BCUT2D eigenvalue weighted by Gasteiger charge is 2.31. The fourth-order valence-corrected chi connectivity index (χ4v) is 2.49. The predicted molar refractivity (Wildman–Crippen MR) is 63.5 cm³/mol. The van der Waals surface area contributed by atoms with E-state index < -0.39 is 0 Å². The van der Waals surface area contributed by atoms with E-state index in [4.69, 9.17) is 0 Å². The largest absolute Gasteiger partial charge is 0.314 e. The zero-order chi connectivity index (χ0) is 10.8. The molecule has 1 N–H and O–H groups in total. The van der Waals surface area contributed by atoms with Crippen molar-refractivity contribution in [3.05, 3.63) is 34.1 Å². The first kappa shape index (κ1) is 11.1. The zero-order valence-electron chi connectivity index (χ0n) is 8.76. The van der Waals surface area contributed by atoms with E-state index in [1.54, 1.807) is 6.07 Å². The normalized spacial score (nSPS) is 25.0. The summed E-state index contributed by atoms with van der Waals surface area (Å²) < 4.78 is 14.4.